The predicted octanol–water partition coefficient (Wildman–Crippen LogP) is 12.9. The van der Waals surface area contributed by atoms with Gasteiger partial charge in [0.2, 0.25) is 0 Å². The Morgan fingerprint density at radius 3 is 1.37 bits per heavy atom. The third-order valence-electron chi connectivity index (χ3n) is 7.89. The van der Waals surface area contributed by atoms with E-state index in [1.165, 1.54) is 0 Å². The van der Waals surface area contributed by atoms with Crippen LogP contribution in [0.25, 0.3) is 0 Å². The van der Waals surface area contributed by atoms with Gasteiger partial charge in [-0.3, -0.25) is 18.6 Å². The normalized spacial score (nSPS) is 14.4. The van der Waals surface area contributed by atoms with E-state index in [2.05, 4.69) is 111 Å². The van der Waals surface area contributed by atoms with Gasteiger partial charge in [0.1, 0.15) is 6.61 Å². The molecule has 1 N–H and O–H groups in total. The molecule has 2 atom stereocenters. The summed E-state index contributed by atoms with van der Waals surface area (Å²) in [5, 5.41) is 0. The summed E-state index contributed by atoms with van der Waals surface area (Å²) in [5.74, 6) is -0.874. The van der Waals surface area contributed by atoms with Crippen LogP contribution in [-0.2, 0) is 32.7 Å². The number of hydrogen-bond donors (Lipinski definition) is 1. The second kappa shape index (κ2) is 39.7. The van der Waals surface area contributed by atoms with Crippen LogP contribution in [-0.4, -0.2) is 42.8 Å². The molecule has 0 saturated heterocycles. The fourth-order valence-electron chi connectivity index (χ4n) is 4.96. The van der Waals surface area contributed by atoms with Gasteiger partial charge in [-0.1, -0.05) is 137 Å². The highest BCUT2D eigenvalue weighted by Crippen LogP contribution is 2.43. The Labute approximate surface area is 328 Å². The molecule has 0 aromatic carbocycles. The maximum Gasteiger partial charge on any atom is 0.472 e. The van der Waals surface area contributed by atoms with Crippen molar-refractivity contribution in [3.8, 4) is 0 Å². The van der Waals surface area contributed by atoms with Crippen LogP contribution in [0.1, 0.15) is 149 Å². The minimum atomic E-state index is -4.30. The number of phosphoric ester groups is 1. The summed E-state index contributed by atoms with van der Waals surface area (Å²) in [5.41, 5.74) is 0. The highest BCUT2D eigenvalue weighted by molar-refractivity contribution is 7.47. The molecule has 0 bridgehead atoms. The van der Waals surface area contributed by atoms with Gasteiger partial charge in [-0.15, -0.1) is 0 Å². The molecule has 0 rings (SSSR count). The van der Waals surface area contributed by atoms with E-state index in [1.54, 1.807) is 6.92 Å². The zero-order chi connectivity index (χ0) is 39.6. The van der Waals surface area contributed by atoms with Crippen LogP contribution >= 0.6 is 7.82 Å². The zero-order valence-corrected chi connectivity index (χ0v) is 34.7. The Morgan fingerprint density at radius 1 is 0.500 bits per heavy atom. The van der Waals surface area contributed by atoms with Crippen LogP contribution in [0, 0.1) is 0 Å². The smallest absolute Gasteiger partial charge is 0.462 e. The van der Waals surface area contributed by atoms with Gasteiger partial charge < -0.3 is 14.4 Å². The number of ether oxygens (including phenoxy) is 2. The summed E-state index contributed by atoms with van der Waals surface area (Å²) in [7, 11) is -4.30. The first-order valence-corrected chi connectivity index (χ1v) is 22.0. The largest absolute Gasteiger partial charge is 0.472 e. The van der Waals surface area contributed by atoms with Gasteiger partial charge in [0.15, 0.2) is 6.10 Å². The number of phosphoric acid groups is 1. The maximum atomic E-state index is 12.5. The van der Waals surface area contributed by atoms with Crippen LogP contribution in [0.5, 0.6) is 0 Å². The van der Waals surface area contributed by atoms with Crippen LogP contribution in [0.4, 0.5) is 0 Å². The van der Waals surface area contributed by atoms with Crippen molar-refractivity contribution in [2.45, 2.75) is 155 Å². The van der Waals surface area contributed by atoms with Crippen LogP contribution in [0.3, 0.4) is 0 Å². The van der Waals surface area contributed by atoms with Gasteiger partial charge in [0.25, 0.3) is 0 Å². The Balaban J connectivity index is 4.23. The Hall–Kier alpha value is -3.03. The number of allylic oxidation sites excluding steroid dienone is 16. The van der Waals surface area contributed by atoms with E-state index in [0.29, 0.717) is 12.8 Å². The van der Waals surface area contributed by atoms with E-state index in [0.717, 1.165) is 103 Å². The first kappa shape index (κ1) is 51.0. The van der Waals surface area contributed by atoms with Gasteiger partial charge in [0, 0.05) is 12.8 Å². The number of rotatable bonds is 36. The summed E-state index contributed by atoms with van der Waals surface area (Å²) in [6, 6.07) is 0. The zero-order valence-electron chi connectivity index (χ0n) is 33.8. The summed E-state index contributed by atoms with van der Waals surface area (Å²) >= 11 is 0. The third kappa shape index (κ3) is 38.7. The highest BCUT2D eigenvalue weighted by atomic mass is 31.2. The lowest BCUT2D eigenvalue weighted by atomic mass is 10.1. The van der Waals surface area contributed by atoms with E-state index in [4.69, 9.17) is 18.5 Å². The predicted molar refractivity (Wildman–Crippen MR) is 225 cm³/mol. The average Bonchev–Trinajstić information content (AvgIpc) is 3.15. The van der Waals surface area contributed by atoms with E-state index in [-0.39, 0.29) is 26.1 Å². The molecule has 0 heterocycles. The van der Waals surface area contributed by atoms with Gasteiger partial charge >= 0.3 is 19.8 Å². The van der Waals surface area contributed by atoms with Crippen LogP contribution in [0.15, 0.2) is 97.2 Å². The number of carbonyl (C=O) groups is 2. The highest BCUT2D eigenvalue weighted by Gasteiger charge is 2.25. The molecule has 0 aliphatic heterocycles. The number of carbonyl (C=O) groups excluding carboxylic acids is 2. The molecule has 0 spiro atoms. The van der Waals surface area contributed by atoms with E-state index < -0.39 is 32.5 Å². The maximum absolute atomic E-state index is 12.5. The molecular weight excluding hydrogens is 699 g/mol. The average molecular weight is 773 g/mol. The lowest BCUT2D eigenvalue weighted by molar-refractivity contribution is -0.161. The van der Waals surface area contributed by atoms with Crippen molar-refractivity contribution in [2.24, 2.45) is 0 Å². The molecule has 0 radical (unpaired) electrons. The molecule has 0 fully saturated rings. The van der Waals surface area contributed by atoms with Crippen molar-refractivity contribution in [1.82, 2.24) is 0 Å². The first-order valence-electron chi connectivity index (χ1n) is 20.5. The lowest BCUT2D eigenvalue weighted by Gasteiger charge is -2.19. The molecule has 2 unspecified atom stereocenters. The molecule has 306 valence electrons. The van der Waals surface area contributed by atoms with Crippen molar-refractivity contribution in [2.75, 3.05) is 19.8 Å². The third-order valence-corrected chi connectivity index (χ3v) is 8.95. The summed E-state index contributed by atoms with van der Waals surface area (Å²) in [6.07, 6.45) is 51.8. The van der Waals surface area contributed by atoms with Gasteiger partial charge in [-0.2, -0.15) is 0 Å². The van der Waals surface area contributed by atoms with Crippen LogP contribution < -0.4 is 0 Å². The van der Waals surface area contributed by atoms with Crippen LogP contribution in [0.2, 0.25) is 0 Å². The van der Waals surface area contributed by atoms with E-state index in [1.807, 2.05) is 0 Å². The summed E-state index contributed by atoms with van der Waals surface area (Å²) in [4.78, 5) is 34.7. The molecule has 0 saturated carbocycles. The van der Waals surface area contributed by atoms with Gasteiger partial charge in [-0.25, -0.2) is 4.57 Å². The van der Waals surface area contributed by atoms with Crippen molar-refractivity contribution in [3.63, 3.8) is 0 Å². The van der Waals surface area contributed by atoms with Gasteiger partial charge in [-0.05, 0) is 96.8 Å². The molecule has 0 aliphatic carbocycles. The standard InChI is InChI=1S/C45H73O8P/c1-4-7-9-11-13-15-17-19-21-22-23-24-26-28-30-32-34-36-38-40-45(47)53-43(42-52-54(48,49)51-6-3)41-50-44(46)39-37-35-33-31-29-27-25-20-18-16-14-12-10-8-5-2/h7-10,13-16,19-21,23-25,29,31,43H,4-6,11-12,17-18,22,26-28,30,32-42H2,1-3H3,(H,48,49)/b9-7-,10-8-,15-13-,16-14-,21-19-,24-23-,25-20-,31-29-. The Kier molecular flexibility index (Phi) is 37.4. The van der Waals surface area contributed by atoms with Crippen molar-refractivity contribution < 1.29 is 37.6 Å². The molecule has 0 amide bonds. The van der Waals surface area contributed by atoms with E-state index in [9.17, 15) is 19.0 Å². The fourth-order valence-corrected chi connectivity index (χ4v) is 5.72. The second-order valence-corrected chi connectivity index (χ2v) is 14.3. The number of esters is 2. The Bertz CT molecular complexity index is 1190. The second-order valence-electron chi connectivity index (χ2n) is 12.9. The topological polar surface area (TPSA) is 108 Å². The minimum Gasteiger partial charge on any atom is -0.462 e. The molecule has 0 aromatic heterocycles. The molecule has 8 nitrogen and oxygen atoms in total. The monoisotopic (exact) mass is 773 g/mol. The van der Waals surface area contributed by atoms with Gasteiger partial charge in [0.05, 0.1) is 13.2 Å². The SMILES string of the molecule is CC/C=C\C/C=C\C/C=C\C/C=C\CCCCCCCCC(=O)OC(COC(=O)CCCC/C=C\C/C=C\C/C=C\C/C=C\CC)COP(=O)(O)OCC. The lowest BCUT2D eigenvalue weighted by Crippen LogP contribution is -2.29. The van der Waals surface area contributed by atoms with Crippen molar-refractivity contribution >= 4 is 19.8 Å². The number of hydrogen-bond acceptors (Lipinski definition) is 7. The fraction of sp³-hybridized carbons (Fsp3) is 0.600. The quantitative estimate of drug-likeness (QED) is 0.0290. The summed E-state index contributed by atoms with van der Waals surface area (Å²) in [6.45, 7) is 5.15. The molecule has 9 heteroatoms. The molecular formula is C45H73O8P. The Morgan fingerprint density at radius 2 is 0.889 bits per heavy atom. The van der Waals surface area contributed by atoms with Crippen molar-refractivity contribution in [3.05, 3.63) is 97.2 Å². The minimum absolute atomic E-state index is 0.0153. The van der Waals surface area contributed by atoms with Crippen molar-refractivity contribution in [1.29, 1.82) is 0 Å². The molecule has 54 heavy (non-hydrogen) atoms. The number of unbranched alkanes of at least 4 members (excludes halogenated alkanes) is 8. The summed E-state index contributed by atoms with van der Waals surface area (Å²) < 4.78 is 32.5. The molecule has 0 aliphatic rings. The van der Waals surface area contributed by atoms with E-state index >= 15 is 0 Å². The molecule has 0 aromatic rings. The first-order chi connectivity index (χ1) is 26.3.